The molecule has 31 heavy (non-hydrogen) atoms. The average Bonchev–Trinajstić information content (AvgIpc) is 3.01. The van der Waals surface area contributed by atoms with Gasteiger partial charge >= 0.3 is 5.97 Å². The zero-order valence-corrected chi connectivity index (χ0v) is 17.2. The maximum Gasteiger partial charge on any atom is 0.325 e. The highest BCUT2D eigenvalue weighted by Crippen LogP contribution is 2.28. The zero-order chi connectivity index (χ0) is 22.0. The molecule has 158 valence electrons. The number of esters is 1. The Kier molecular flexibility index (Phi) is 5.62. The number of carbonyl (C=O) groups is 1. The molecule has 3 aromatic heterocycles. The fraction of sp³-hybridized carbons (Fsp3) is 0.217. The second-order valence-electron chi connectivity index (χ2n) is 7.21. The van der Waals surface area contributed by atoms with Gasteiger partial charge in [0.15, 0.2) is 0 Å². The number of methoxy groups -OCH3 is 1. The van der Waals surface area contributed by atoms with E-state index in [1.165, 1.54) is 30.0 Å². The number of ether oxygens (including phenoxy) is 1. The second kappa shape index (κ2) is 8.51. The van der Waals surface area contributed by atoms with Crippen molar-refractivity contribution in [3.63, 3.8) is 0 Å². The van der Waals surface area contributed by atoms with Gasteiger partial charge in [0, 0.05) is 35.3 Å². The molecule has 0 aliphatic rings. The van der Waals surface area contributed by atoms with E-state index in [2.05, 4.69) is 10.1 Å². The molecule has 0 N–H and O–H groups in total. The van der Waals surface area contributed by atoms with E-state index in [0.29, 0.717) is 17.5 Å². The van der Waals surface area contributed by atoms with Crippen molar-refractivity contribution in [1.82, 2.24) is 19.3 Å². The molecule has 0 aliphatic heterocycles. The van der Waals surface area contributed by atoms with Crippen LogP contribution in [0.5, 0.6) is 0 Å². The van der Waals surface area contributed by atoms with Gasteiger partial charge in [-0.15, -0.1) is 0 Å². The Morgan fingerprint density at radius 1 is 1.13 bits per heavy atom. The molecule has 0 atom stereocenters. The van der Waals surface area contributed by atoms with E-state index in [0.717, 1.165) is 22.5 Å². The van der Waals surface area contributed by atoms with Gasteiger partial charge in [0.2, 0.25) is 0 Å². The van der Waals surface area contributed by atoms with Gasteiger partial charge < -0.3 is 9.30 Å². The first-order chi connectivity index (χ1) is 15.0. The lowest BCUT2D eigenvalue weighted by molar-refractivity contribution is -0.141. The summed E-state index contributed by atoms with van der Waals surface area (Å²) in [6.07, 6.45) is 2.04. The molecule has 0 unspecified atom stereocenters. The van der Waals surface area contributed by atoms with Crippen LogP contribution in [0.3, 0.4) is 0 Å². The van der Waals surface area contributed by atoms with E-state index < -0.39 is 5.97 Å². The molecule has 0 spiro atoms. The molecule has 4 aromatic rings. The first-order valence-corrected chi connectivity index (χ1v) is 9.77. The molecule has 4 rings (SSSR count). The van der Waals surface area contributed by atoms with Gasteiger partial charge in [-0.3, -0.25) is 14.6 Å². The maximum absolute atomic E-state index is 14.0. The Balaban J connectivity index is 1.74. The number of fused-ring (bicyclic) bond motifs is 1. The minimum Gasteiger partial charge on any atom is -0.468 e. The lowest BCUT2D eigenvalue weighted by atomic mass is 10.1. The molecule has 0 fully saturated rings. The summed E-state index contributed by atoms with van der Waals surface area (Å²) in [5.74, 6) is -0.755. The third kappa shape index (κ3) is 4.23. The number of carbonyl (C=O) groups excluding carboxylic acids is 1. The molecule has 0 amide bonds. The summed E-state index contributed by atoms with van der Waals surface area (Å²) in [6.45, 7) is 2.16. The summed E-state index contributed by atoms with van der Waals surface area (Å²) in [4.78, 5) is 28.4. The van der Waals surface area contributed by atoms with Crippen LogP contribution >= 0.6 is 0 Å². The third-order valence-electron chi connectivity index (χ3n) is 5.25. The first-order valence-electron chi connectivity index (χ1n) is 9.77. The van der Waals surface area contributed by atoms with E-state index in [4.69, 9.17) is 4.74 Å². The topological polar surface area (TPSA) is 79.0 Å². The van der Waals surface area contributed by atoms with Crippen molar-refractivity contribution < 1.29 is 13.9 Å². The van der Waals surface area contributed by atoms with Gasteiger partial charge in [0.1, 0.15) is 12.4 Å². The SMILES string of the molecule is COC(=O)Cn1c(C)c(Cc2ccc(=O)n(Cc3ccccn3)n2)c2cc(F)ccc21. The molecule has 8 heteroatoms. The van der Waals surface area contributed by atoms with Gasteiger partial charge in [0.05, 0.1) is 25.0 Å². The van der Waals surface area contributed by atoms with Gasteiger partial charge in [-0.2, -0.15) is 5.10 Å². The Morgan fingerprint density at radius 3 is 2.71 bits per heavy atom. The van der Waals surface area contributed by atoms with Crippen LogP contribution in [0.25, 0.3) is 10.9 Å². The van der Waals surface area contributed by atoms with E-state index in [-0.39, 0.29) is 24.5 Å². The van der Waals surface area contributed by atoms with Crippen LogP contribution in [0, 0.1) is 12.7 Å². The van der Waals surface area contributed by atoms with Crippen molar-refractivity contribution in [2.45, 2.75) is 26.4 Å². The van der Waals surface area contributed by atoms with Crippen LogP contribution in [-0.2, 0) is 29.0 Å². The Morgan fingerprint density at radius 2 is 1.97 bits per heavy atom. The standard InChI is InChI=1S/C23H21FN4O3/c1-15-19(20-11-16(24)6-8-21(20)27(15)14-23(30)31-2)12-17-7-9-22(29)28(26-17)13-18-5-3-4-10-25-18/h3-11H,12-14H2,1-2H3. The minimum absolute atomic E-state index is 0.0249. The molecule has 0 aliphatic carbocycles. The lowest BCUT2D eigenvalue weighted by Gasteiger charge is -2.08. The second-order valence-corrected chi connectivity index (χ2v) is 7.21. The summed E-state index contributed by atoms with van der Waals surface area (Å²) in [7, 11) is 1.33. The quantitative estimate of drug-likeness (QED) is 0.448. The van der Waals surface area contributed by atoms with Crippen LogP contribution in [0.15, 0.2) is 59.5 Å². The number of halogens is 1. The maximum atomic E-state index is 14.0. The van der Waals surface area contributed by atoms with Gasteiger partial charge in [-0.25, -0.2) is 9.07 Å². The normalized spacial score (nSPS) is 11.1. The number of hydrogen-bond acceptors (Lipinski definition) is 5. The molecule has 3 heterocycles. The predicted molar refractivity (Wildman–Crippen MR) is 113 cm³/mol. The first kappa shape index (κ1) is 20.5. The largest absolute Gasteiger partial charge is 0.468 e. The number of rotatable bonds is 6. The van der Waals surface area contributed by atoms with Crippen molar-refractivity contribution in [3.05, 3.63) is 93.5 Å². The number of pyridine rings is 1. The zero-order valence-electron chi connectivity index (χ0n) is 17.2. The fourth-order valence-electron chi connectivity index (χ4n) is 3.67. The van der Waals surface area contributed by atoms with Crippen molar-refractivity contribution in [2.24, 2.45) is 0 Å². The molecule has 0 saturated carbocycles. The number of benzene rings is 1. The Hall–Kier alpha value is -3.81. The molecule has 1 aromatic carbocycles. The highest BCUT2D eigenvalue weighted by atomic mass is 19.1. The van der Waals surface area contributed by atoms with Gasteiger partial charge in [-0.05, 0) is 48.9 Å². The van der Waals surface area contributed by atoms with Crippen LogP contribution in [0.1, 0.15) is 22.6 Å². The molecule has 7 nitrogen and oxygen atoms in total. The van der Waals surface area contributed by atoms with Gasteiger partial charge in [-0.1, -0.05) is 6.07 Å². The summed E-state index contributed by atoms with van der Waals surface area (Å²) in [5.41, 5.74) is 3.54. The van der Waals surface area contributed by atoms with Crippen molar-refractivity contribution in [2.75, 3.05) is 7.11 Å². The molecule has 0 radical (unpaired) electrons. The predicted octanol–water partition coefficient (Wildman–Crippen LogP) is 2.85. The van der Waals surface area contributed by atoms with Crippen LogP contribution < -0.4 is 5.56 Å². The summed E-state index contributed by atoms with van der Waals surface area (Å²) in [6, 6.07) is 13.1. The van der Waals surface area contributed by atoms with Crippen molar-refractivity contribution in [3.8, 4) is 0 Å². The Labute approximate surface area is 177 Å². The molecule has 0 bridgehead atoms. The third-order valence-corrected chi connectivity index (χ3v) is 5.25. The highest BCUT2D eigenvalue weighted by molar-refractivity contribution is 5.87. The van der Waals surface area contributed by atoms with Gasteiger partial charge in [0.25, 0.3) is 5.56 Å². The van der Waals surface area contributed by atoms with E-state index in [1.807, 2.05) is 25.1 Å². The molecular weight excluding hydrogens is 399 g/mol. The number of hydrogen-bond donors (Lipinski definition) is 0. The molecular formula is C23H21FN4O3. The molecule has 0 saturated heterocycles. The fourth-order valence-corrected chi connectivity index (χ4v) is 3.67. The van der Waals surface area contributed by atoms with E-state index in [1.54, 1.807) is 22.9 Å². The highest BCUT2D eigenvalue weighted by Gasteiger charge is 2.18. The number of nitrogens with zero attached hydrogens (tertiary/aromatic N) is 4. The summed E-state index contributed by atoms with van der Waals surface area (Å²) in [5, 5.41) is 5.19. The monoisotopic (exact) mass is 420 g/mol. The van der Waals surface area contributed by atoms with E-state index in [9.17, 15) is 14.0 Å². The van der Waals surface area contributed by atoms with Crippen LogP contribution in [0.4, 0.5) is 4.39 Å². The smallest absolute Gasteiger partial charge is 0.325 e. The van der Waals surface area contributed by atoms with Crippen LogP contribution in [-0.4, -0.2) is 32.4 Å². The van der Waals surface area contributed by atoms with Crippen molar-refractivity contribution >= 4 is 16.9 Å². The summed E-state index contributed by atoms with van der Waals surface area (Å²) < 4.78 is 22.0. The summed E-state index contributed by atoms with van der Waals surface area (Å²) >= 11 is 0. The van der Waals surface area contributed by atoms with Crippen LogP contribution in [0.2, 0.25) is 0 Å². The van der Waals surface area contributed by atoms with E-state index >= 15 is 0 Å². The lowest BCUT2D eigenvalue weighted by Crippen LogP contribution is -2.24. The van der Waals surface area contributed by atoms with Crippen molar-refractivity contribution in [1.29, 1.82) is 0 Å². The Bertz CT molecular complexity index is 1310. The average molecular weight is 420 g/mol. The minimum atomic E-state index is -0.391. The number of aromatic nitrogens is 4.